The number of hydrogen-bond acceptors (Lipinski definition) is 3. The lowest BCUT2D eigenvalue weighted by Gasteiger charge is -2.26. The van der Waals surface area contributed by atoms with E-state index in [9.17, 15) is 4.79 Å². The Morgan fingerprint density at radius 1 is 1.70 bits per heavy atom. The summed E-state index contributed by atoms with van der Waals surface area (Å²) in [4.78, 5) is 10.2. The van der Waals surface area contributed by atoms with Crippen LogP contribution < -0.4 is 11.1 Å². The number of nitrogens with two attached hydrogens (primary N) is 1. The molecule has 0 radical (unpaired) electrons. The Kier molecular flexibility index (Phi) is 2.65. The van der Waals surface area contributed by atoms with Gasteiger partial charge in [0.1, 0.15) is 6.61 Å². The van der Waals surface area contributed by atoms with Crippen molar-refractivity contribution in [2.24, 2.45) is 11.7 Å². The molecule has 0 aromatic rings. The molecule has 4 heteroatoms. The van der Waals surface area contributed by atoms with E-state index in [1.54, 1.807) is 0 Å². The van der Waals surface area contributed by atoms with E-state index in [1.807, 2.05) is 0 Å². The molecule has 3 N–H and O–H groups in total. The van der Waals surface area contributed by atoms with E-state index < -0.39 is 5.91 Å². The van der Waals surface area contributed by atoms with Crippen molar-refractivity contribution in [2.45, 2.75) is 0 Å². The minimum Gasteiger partial charge on any atom is -0.371 e. The summed E-state index contributed by atoms with van der Waals surface area (Å²) < 4.78 is 4.98. The zero-order valence-corrected chi connectivity index (χ0v) is 5.80. The molecule has 1 rings (SSSR count). The van der Waals surface area contributed by atoms with E-state index in [2.05, 4.69) is 5.32 Å². The van der Waals surface area contributed by atoms with Crippen LogP contribution in [-0.2, 0) is 9.53 Å². The number of primary amides is 1. The molecular formula is C6H12N2O2. The molecular weight excluding hydrogens is 132 g/mol. The molecule has 0 saturated carbocycles. The van der Waals surface area contributed by atoms with Crippen molar-refractivity contribution in [3.8, 4) is 0 Å². The van der Waals surface area contributed by atoms with Gasteiger partial charge < -0.3 is 15.8 Å². The van der Waals surface area contributed by atoms with Gasteiger partial charge in [0.2, 0.25) is 5.91 Å². The molecule has 1 aliphatic heterocycles. The van der Waals surface area contributed by atoms with Crippen LogP contribution in [0.25, 0.3) is 0 Å². The van der Waals surface area contributed by atoms with Gasteiger partial charge in [-0.25, -0.2) is 0 Å². The summed E-state index contributed by atoms with van der Waals surface area (Å²) in [5, 5.41) is 3.10. The molecule has 0 aromatic heterocycles. The second-order valence-electron chi connectivity index (χ2n) is 2.51. The number of rotatable bonds is 4. The molecule has 1 saturated heterocycles. The van der Waals surface area contributed by atoms with E-state index in [4.69, 9.17) is 10.5 Å². The molecule has 0 aliphatic carbocycles. The standard InChI is InChI=1S/C6H12N2O2/c7-6(9)4-10-3-5-1-8-2-5/h5,8H,1-4H2,(H2,7,9). The third kappa shape index (κ3) is 2.33. The second-order valence-corrected chi connectivity index (χ2v) is 2.51. The molecule has 0 aromatic carbocycles. The van der Waals surface area contributed by atoms with Crippen LogP contribution in [0.3, 0.4) is 0 Å². The van der Waals surface area contributed by atoms with Crippen LogP contribution in [-0.4, -0.2) is 32.2 Å². The lowest BCUT2D eigenvalue weighted by atomic mass is 10.1. The van der Waals surface area contributed by atoms with Crippen molar-refractivity contribution in [2.75, 3.05) is 26.3 Å². The van der Waals surface area contributed by atoms with Gasteiger partial charge in [-0.15, -0.1) is 0 Å². The first kappa shape index (κ1) is 7.50. The summed E-state index contributed by atoms with van der Waals surface area (Å²) in [6.45, 7) is 2.70. The predicted molar refractivity (Wildman–Crippen MR) is 36.4 cm³/mol. The number of hydrogen-bond donors (Lipinski definition) is 2. The van der Waals surface area contributed by atoms with Crippen molar-refractivity contribution >= 4 is 5.91 Å². The fourth-order valence-electron chi connectivity index (χ4n) is 0.792. The fraction of sp³-hybridized carbons (Fsp3) is 0.833. The van der Waals surface area contributed by atoms with Gasteiger partial charge in [0, 0.05) is 19.0 Å². The Labute approximate surface area is 59.7 Å². The van der Waals surface area contributed by atoms with E-state index in [0.29, 0.717) is 12.5 Å². The molecule has 0 atom stereocenters. The van der Waals surface area contributed by atoms with Crippen LogP contribution in [0.2, 0.25) is 0 Å². The molecule has 1 heterocycles. The highest BCUT2D eigenvalue weighted by molar-refractivity contribution is 5.74. The van der Waals surface area contributed by atoms with Gasteiger partial charge in [-0.1, -0.05) is 0 Å². The first-order chi connectivity index (χ1) is 4.79. The van der Waals surface area contributed by atoms with Crippen LogP contribution in [0.1, 0.15) is 0 Å². The zero-order valence-electron chi connectivity index (χ0n) is 5.80. The fourth-order valence-corrected chi connectivity index (χ4v) is 0.792. The maximum absolute atomic E-state index is 10.2. The zero-order chi connectivity index (χ0) is 7.40. The van der Waals surface area contributed by atoms with Crippen molar-refractivity contribution in [3.05, 3.63) is 0 Å². The molecule has 1 fully saturated rings. The highest BCUT2D eigenvalue weighted by Crippen LogP contribution is 2.01. The van der Waals surface area contributed by atoms with E-state index in [-0.39, 0.29) is 6.61 Å². The van der Waals surface area contributed by atoms with Gasteiger partial charge in [0.25, 0.3) is 0 Å². The number of nitrogens with one attached hydrogen (secondary N) is 1. The maximum Gasteiger partial charge on any atom is 0.243 e. The number of amides is 1. The molecule has 1 amide bonds. The second kappa shape index (κ2) is 3.53. The Morgan fingerprint density at radius 2 is 2.40 bits per heavy atom. The number of carbonyl (C=O) groups is 1. The first-order valence-corrected chi connectivity index (χ1v) is 3.36. The molecule has 10 heavy (non-hydrogen) atoms. The molecule has 0 bridgehead atoms. The Bertz CT molecular complexity index is 123. The van der Waals surface area contributed by atoms with Gasteiger partial charge >= 0.3 is 0 Å². The van der Waals surface area contributed by atoms with Crippen LogP contribution in [0.5, 0.6) is 0 Å². The summed E-state index contributed by atoms with van der Waals surface area (Å²) in [5.74, 6) is 0.187. The van der Waals surface area contributed by atoms with Crippen molar-refractivity contribution in [1.82, 2.24) is 5.32 Å². The summed E-state index contributed by atoms with van der Waals surface area (Å²) in [6, 6.07) is 0. The number of carbonyl (C=O) groups excluding carboxylic acids is 1. The largest absolute Gasteiger partial charge is 0.371 e. The lowest BCUT2D eigenvalue weighted by molar-refractivity contribution is -0.123. The van der Waals surface area contributed by atoms with Gasteiger partial charge in [-0.3, -0.25) is 4.79 Å². The number of ether oxygens (including phenoxy) is 1. The molecule has 0 spiro atoms. The van der Waals surface area contributed by atoms with Crippen molar-refractivity contribution < 1.29 is 9.53 Å². The van der Waals surface area contributed by atoms with Crippen molar-refractivity contribution in [1.29, 1.82) is 0 Å². The monoisotopic (exact) mass is 144 g/mol. The third-order valence-corrected chi connectivity index (χ3v) is 1.46. The van der Waals surface area contributed by atoms with Gasteiger partial charge in [0.05, 0.1) is 6.61 Å². The highest BCUT2D eigenvalue weighted by atomic mass is 16.5. The Balaban J connectivity index is 1.89. The molecule has 4 nitrogen and oxygen atoms in total. The Morgan fingerprint density at radius 3 is 2.80 bits per heavy atom. The van der Waals surface area contributed by atoms with Crippen LogP contribution in [0, 0.1) is 5.92 Å². The maximum atomic E-state index is 10.2. The van der Waals surface area contributed by atoms with Gasteiger partial charge in [-0.05, 0) is 0 Å². The summed E-state index contributed by atoms with van der Waals surface area (Å²) in [6.07, 6.45) is 0. The summed E-state index contributed by atoms with van der Waals surface area (Å²) in [7, 11) is 0. The topological polar surface area (TPSA) is 64.4 Å². The van der Waals surface area contributed by atoms with Crippen molar-refractivity contribution in [3.63, 3.8) is 0 Å². The third-order valence-electron chi connectivity index (χ3n) is 1.46. The smallest absolute Gasteiger partial charge is 0.243 e. The van der Waals surface area contributed by atoms with Crippen LogP contribution in [0.15, 0.2) is 0 Å². The van der Waals surface area contributed by atoms with E-state index in [0.717, 1.165) is 13.1 Å². The first-order valence-electron chi connectivity index (χ1n) is 3.36. The van der Waals surface area contributed by atoms with E-state index in [1.165, 1.54) is 0 Å². The molecule has 1 aliphatic rings. The SMILES string of the molecule is NC(=O)COCC1CNC1. The van der Waals surface area contributed by atoms with Gasteiger partial charge in [0.15, 0.2) is 0 Å². The summed E-state index contributed by atoms with van der Waals surface area (Å²) in [5.41, 5.74) is 4.86. The highest BCUT2D eigenvalue weighted by Gasteiger charge is 2.16. The predicted octanol–water partition coefficient (Wildman–Crippen LogP) is -1.29. The summed E-state index contributed by atoms with van der Waals surface area (Å²) >= 11 is 0. The lowest BCUT2D eigenvalue weighted by Crippen LogP contribution is -2.44. The normalized spacial score (nSPS) is 18.4. The average molecular weight is 144 g/mol. The van der Waals surface area contributed by atoms with Crippen LogP contribution >= 0.6 is 0 Å². The quantitative estimate of drug-likeness (QED) is 0.516. The average Bonchev–Trinajstić information content (AvgIpc) is 1.75. The van der Waals surface area contributed by atoms with Gasteiger partial charge in [-0.2, -0.15) is 0 Å². The molecule has 58 valence electrons. The Hall–Kier alpha value is -0.610. The van der Waals surface area contributed by atoms with E-state index >= 15 is 0 Å². The molecule has 0 unspecified atom stereocenters. The minimum absolute atomic E-state index is 0.0521. The van der Waals surface area contributed by atoms with Crippen LogP contribution in [0.4, 0.5) is 0 Å². The minimum atomic E-state index is -0.396.